The fraction of sp³-hybridized carbons (Fsp3) is 0.429. The van der Waals surface area contributed by atoms with Crippen LogP contribution in [0.4, 0.5) is 0 Å². The van der Waals surface area contributed by atoms with E-state index in [0.29, 0.717) is 11.7 Å². The Balaban J connectivity index is 1.79. The summed E-state index contributed by atoms with van der Waals surface area (Å²) in [6.07, 6.45) is 4.55. The molecule has 3 rings (SSSR count). The fourth-order valence-electron chi connectivity index (χ4n) is 2.59. The van der Waals surface area contributed by atoms with Crippen molar-refractivity contribution in [3.63, 3.8) is 0 Å². The summed E-state index contributed by atoms with van der Waals surface area (Å²) in [7, 11) is 1.84. The number of thiophene rings is 1. The van der Waals surface area contributed by atoms with Crippen molar-refractivity contribution in [1.82, 2.24) is 15.1 Å². The van der Waals surface area contributed by atoms with Crippen LogP contribution in [0.2, 0.25) is 4.34 Å². The van der Waals surface area contributed by atoms with Crippen molar-refractivity contribution in [2.75, 3.05) is 0 Å². The minimum Gasteiger partial charge on any atom is -0.348 e. The summed E-state index contributed by atoms with van der Waals surface area (Å²) in [5, 5.41) is 7.36. The zero-order chi connectivity index (χ0) is 14.1. The first-order chi connectivity index (χ1) is 9.63. The zero-order valence-corrected chi connectivity index (χ0v) is 12.8. The molecule has 0 unspecified atom stereocenters. The van der Waals surface area contributed by atoms with Crippen LogP contribution in [0.1, 0.15) is 36.2 Å². The predicted molar refractivity (Wildman–Crippen MR) is 81.3 cm³/mol. The van der Waals surface area contributed by atoms with Gasteiger partial charge in [0.15, 0.2) is 5.69 Å². The van der Waals surface area contributed by atoms with Crippen LogP contribution in [0, 0.1) is 0 Å². The molecule has 0 bridgehead atoms. The number of carbonyl (C=O) groups excluding carboxylic acids is 1. The highest BCUT2D eigenvalue weighted by molar-refractivity contribution is 7.19. The Morgan fingerprint density at radius 2 is 2.20 bits per heavy atom. The van der Waals surface area contributed by atoms with E-state index in [1.807, 2.05) is 25.2 Å². The lowest BCUT2D eigenvalue weighted by molar-refractivity contribution is 0.0932. The van der Waals surface area contributed by atoms with E-state index >= 15 is 0 Å². The maximum atomic E-state index is 12.2. The highest BCUT2D eigenvalue weighted by Gasteiger charge is 2.20. The molecule has 106 valence electrons. The van der Waals surface area contributed by atoms with Crippen LogP contribution >= 0.6 is 22.9 Å². The van der Waals surface area contributed by atoms with Crippen molar-refractivity contribution >= 4 is 28.8 Å². The minimum absolute atomic E-state index is 0.0820. The molecule has 1 amide bonds. The van der Waals surface area contributed by atoms with Gasteiger partial charge in [-0.1, -0.05) is 24.4 Å². The molecule has 0 spiro atoms. The summed E-state index contributed by atoms with van der Waals surface area (Å²) in [5.74, 6) is -0.0820. The quantitative estimate of drug-likeness (QED) is 0.943. The van der Waals surface area contributed by atoms with Gasteiger partial charge >= 0.3 is 0 Å². The van der Waals surface area contributed by atoms with Crippen molar-refractivity contribution in [2.24, 2.45) is 7.05 Å². The van der Waals surface area contributed by atoms with Crippen LogP contribution in [0.5, 0.6) is 0 Å². The molecule has 4 nitrogen and oxygen atoms in total. The number of aryl methyl sites for hydroxylation is 1. The molecule has 0 aromatic carbocycles. The van der Waals surface area contributed by atoms with E-state index in [1.54, 1.807) is 4.68 Å². The summed E-state index contributed by atoms with van der Waals surface area (Å²) < 4.78 is 2.46. The first kappa shape index (κ1) is 13.6. The second-order valence-electron chi connectivity index (χ2n) is 5.10. The summed E-state index contributed by atoms with van der Waals surface area (Å²) in [5.41, 5.74) is 1.39. The van der Waals surface area contributed by atoms with Gasteiger partial charge in [0.25, 0.3) is 5.91 Å². The Bertz CT molecular complexity index is 628. The van der Waals surface area contributed by atoms with Gasteiger partial charge in [0.1, 0.15) is 0 Å². The van der Waals surface area contributed by atoms with Gasteiger partial charge in [-0.25, -0.2) is 0 Å². The van der Waals surface area contributed by atoms with Crippen molar-refractivity contribution in [3.8, 4) is 10.6 Å². The van der Waals surface area contributed by atoms with E-state index in [0.717, 1.165) is 27.7 Å². The monoisotopic (exact) mass is 309 g/mol. The molecule has 0 radical (unpaired) electrons. The number of amides is 1. The van der Waals surface area contributed by atoms with E-state index in [9.17, 15) is 4.79 Å². The van der Waals surface area contributed by atoms with Gasteiger partial charge in [0, 0.05) is 13.1 Å². The number of carbonyl (C=O) groups is 1. The molecule has 0 saturated heterocycles. The van der Waals surface area contributed by atoms with Crippen LogP contribution in [0.15, 0.2) is 18.2 Å². The highest BCUT2D eigenvalue weighted by Crippen LogP contribution is 2.31. The predicted octanol–water partition coefficient (Wildman–Crippen LogP) is 3.47. The van der Waals surface area contributed by atoms with E-state index < -0.39 is 0 Å². The maximum absolute atomic E-state index is 12.2. The molecular formula is C14H16ClN3OS. The molecular weight excluding hydrogens is 294 g/mol. The average molecular weight is 310 g/mol. The molecule has 1 aliphatic rings. The average Bonchev–Trinajstić information content (AvgIpc) is 3.10. The molecule has 2 aromatic heterocycles. The molecule has 1 fully saturated rings. The number of aromatic nitrogens is 2. The molecule has 1 N–H and O–H groups in total. The van der Waals surface area contributed by atoms with Crippen molar-refractivity contribution in [2.45, 2.75) is 31.7 Å². The van der Waals surface area contributed by atoms with Gasteiger partial charge in [0.05, 0.1) is 14.9 Å². The molecule has 0 aliphatic heterocycles. The van der Waals surface area contributed by atoms with E-state index in [-0.39, 0.29) is 5.91 Å². The lowest BCUT2D eigenvalue weighted by atomic mass is 10.2. The van der Waals surface area contributed by atoms with Crippen LogP contribution in [-0.2, 0) is 7.05 Å². The molecule has 2 aromatic rings. The SMILES string of the molecule is Cn1nc(C(=O)NC2CCCC2)cc1-c1ccc(Cl)s1. The molecule has 1 saturated carbocycles. The van der Waals surface area contributed by atoms with Crippen LogP contribution in [0.3, 0.4) is 0 Å². The maximum Gasteiger partial charge on any atom is 0.272 e. The van der Waals surface area contributed by atoms with Gasteiger partial charge < -0.3 is 5.32 Å². The van der Waals surface area contributed by atoms with Crippen molar-refractivity contribution < 1.29 is 4.79 Å². The fourth-order valence-corrected chi connectivity index (χ4v) is 3.68. The number of hydrogen-bond donors (Lipinski definition) is 1. The van der Waals surface area contributed by atoms with Gasteiger partial charge in [-0.05, 0) is 31.0 Å². The van der Waals surface area contributed by atoms with E-state index in [4.69, 9.17) is 11.6 Å². The molecule has 6 heteroatoms. The minimum atomic E-state index is -0.0820. The lowest BCUT2D eigenvalue weighted by Gasteiger charge is -2.09. The largest absolute Gasteiger partial charge is 0.348 e. The summed E-state index contributed by atoms with van der Waals surface area (Å²) in [6.45, 7) is 0. The lowest BCUT2D eigenvalue weighted by Crippen LogP contribution is -2.32. The summed E-state index contributed by atoms with van der Waals surface area (Å²) in [6, 6.07) is 5.94. The third-order valence-electron chi connectivity index (χ3n) is 3.63. The smallest absolute Gasteiger partial charge is 0.272 e. The number of nitrogens with zero attached hydrogens (tertiary/aromatic N) is 2. The second kappa shape index (κ2) is 5.58. The van der Waals surface area contributed by atoms with Gasteiger partial charge in [0.2, 0.25) is 0 Å². The van der Waals surface area contributed by atoms with Crippen LogP contribution < -0.4 is 5.32 Å². The van der Waals surface area contributed by atoms with Gasteiger partial charge in [-0.15, -0.1) is 11.3 Å². The number of nitrogens with one attached hydrogen (secondary N) is 1. The van der Waals surface area contributed by atoms with Gasteiger partial charge in [-0.3, -0.25) is 9.48 Å². The zero-order valence-electron chi connectivity index (χ0n) is 11.2. The Morgan fingerprint density at radius 1 is 1.45 bits per heavy atom. The third-order valence-corrected chi connectivity index (χ3v) is 4.88. The normalized spacial score (nSPS) is 15.7. The van der Waals surface area contributed by atoms with E-state index in [2.05, 4.69) is 10.4 Å². The summed E-state index contributed by atoms with van der Waals surface area (Å²) >= 11 is 7.44. The number of halogens is 1. The Labute approximate surface area is 126 Å². The molecule has 1 aliphatic carbocycles. The standard InChI is InChI=1S/C14H16ClN3OS/c1-18-11(12-6-7-13(15)20-12)8-10(17-18)14(19)16-9-4-2-3-5-9/h6-9H,2-5H2,1H3,(H,16,19). The highest BCUT2D eigenvalue weighted by atomic mass is 35.5. The molecule has 2 heterocycles. The topological polar surface area (TPSA) is 46.9 Å². The van der Waals surface area contributed by atoms with Crippen LogP contribution in [-0.4, -0.2) is 21.7 Å². The van der Waals surface area contributed by atoms with Gasteiger partial charge in [-0.2, -0.15) is 5.10 Å². The summed E-state index contributed by atoms with van der Waals surface area (Å²) in [4.78, 5) is 13.2. The number of hydrogen-bond acceptors (Lipinski definition) is 3. The van der Waals surface area contributed by atoms with Crippen LogP contribution in [0.25, 0.3) is 10.6 Å². The second-order valence-corrected chi connectivity index (χ2v) is 6.81. The Hall–Kier alpha value is -1.33. The van der Waals surface area contributed by atoms with Crippen molar-refractivity contribution in [3.05, 3.63) is 28.2 Å². The Morgan fingerprint density at radius 3 is 2.85 bits per heavy atom. The first-order valence-corrected chi connectivity index (χ1v) is 7.93. The molecule has 0 atom stereocenters. The van der Waals surface area contributed by atoms with Crippen molar-refractivity contribution in [1.29, 1.82) is 0 Å². The third kappa shape index (κ3) is 2.74. The Kier molecular flexibility index (Phi) is 3.81. The first-order valence-electron chi connectivity index (χ1n) is 6.74. The number of rotatable bonds is 3. The van der Waals surface area contributed by atoms with E-state index in [1.165, 1.54) is 24.2 Å². The molecule has 20 heavy (non-hydrogen) atoms.